The maximum Gasteiger partial charge on any atom is 0.433 e. The molecule has 0 radical (unpaired) electrons. The van der Waals surface area contributed by atoms with Crippen LogP contribution in [0.5, 0.6) is 0 Å². The molecule has 2 heterocycles. The second-order valence-corrected chi connectivity index (χ2v) is 10.1. The molecule has 0 atom stereocenters. The molecule has 9 heteroatoms. The Hall–Kier alpha value is -1.64. The van der Waals surface area contributed by atoms with E-state index in [9.17, 15) is 18.0 Å². The second kappa shape index (κ2) is 6.43. The van der Waals surface area contributed by atoms with Gasteiger partial charge in [-0.2, -0.15) is 18.3 Å². The minimum absolute atomic E-state index is 0.00252. The molecule has 0 spiro atoms. The highest BCUT2D eigenvalue weighted by Crippen LogP contribution is 2.59. The molecule has 4 aliphatic carbocycles. The molecule has 0 aliphatic heterocycles. The Kier molecular flexibility index (Phi) is 4.28. The van der Waals surface area contributed by atoms with Crippen LogP contribution in [-0.4, -0.2) is 27.0 Å². The highest BCUT2D eigenvalue weighted by atomic mass is 79.9. The van der Waals surface area contributed by atoms with Gasteiger partial charge in [0.05, 0.1) is 4.47 Å². The molecule has 1 N–H and O–H groups in total. The van der Waals surface area contributed by atoms with Crippen LogP contribution < -0.4 is 5.32 Å². The SMILES string of the molecule is Cc1cc(C(F)(F)F)n2nc(C(=O)NCC34CC5CC(CC(C5)C3)C4)c(Br)c2n1. The van der Waals surface area contributed by atoms with Crippen molar-refractivity contribution in [3.05, 3.63) is 27.6 Å². The van der Waals surface area contributed by atoms with E-state index >= 15 is 0 Å². The first-order chi connectivity index (χ1) is 13.6. The van der Waals surface area contributed by atoms with Gasteiger partial charge in [-0.25, -0.2) is 9.50 Å². The van der Waals surface area contributed by atoms with Gasteiger partial charge in [-0.1, -0.05) is 0 Å². The molecular weight excluding hydrogens is 449 g/mol. The molecule has 156 valence electrons. The molecule has 0 unspecified atom stereocenters. The zero-order chi connectivity index (χ0) is 20.6. The van der Waals surface area contributed by atoms with Crippen molar-refractivity contribution in [1.29, 1.82) is 0 Å². The Morgan fingerprint density at radius 1 is 1.24 bits per heavy atom. The van der Waals surface area contributed by atoms with Gasteiger partial charge < -0.3 is 5.32 Å². The van der Waals surface area contributed by atoms with Crippen LogP contribution in [0.3, 0.4) is 0 Å². The molecule has 1 amide bonds. The fourth-order valence-corrected chi connectivity index (χ4v) is 6.83. The average Bonchev–Trinajstić information content (AvgIpc) is 2.94. The molecule has 4 aliphatic rings. The fraction of sp³-hybridized carbons (Fsp3) is 0.650. The lowest BCUT2D eigenvalue weighted by atomic mass is 9.49. The Morgan fingerprint density at radius 3 is 2.38 bits per heavy atom. The van der Waals surface area contributed by atoms with Crippen LogP contribution >= 0.6 is 15.9 Å². The van der Waals surface area contributed by atoms with E-state index < -0.39 is 17.8 Å². The van der Waals surface area contributed by atoms with E-state index in [-0.39, 0.29) is 26.9 Å². The van der Waals surface area contributed by atoms with Crippen LogP contribution in [0.2, 0.25) is 0 Å². The number of halogens is 4. The summed E-state index contributed by atoms with van der Waals surface area (Å²) in [5.41, 5.74) is -0.649. The number of aromatic nitrogens is 3. The summed E-state index contributed by atoms with van der Waals surface area (Å²) < 4.78 is 41.1. The lowest BCUT2D eigenvalue weighted by Gasteiger charge is -2.56. The van der Waals surface area contributed by atoms with E-state index in [1.165, 1.54) is 26.2 Å². The molecule has 0 aromatic carbocycles. The number of nitrogens with one attached hydrogen (secondary N) is 1. The normalized spacial score (nSPS) is 30.9. The Morgan fingerprint density at radius 2 is 1.83 bits per heavy atom. The fourth-order valence-electron chi connectivity index (χ4n) is 6.32. The summed E-state index contributed by atoms with van der Waals surface area (Å²) >= 11 is 3.25. The number of rotatable bonds is 3. The summed E-state index contributed by atoms with van der Waals surface area (Å²) in [6.07, 6.45) is 2.79. The van der Waals surface area contributed by atoms with Gasteiger partial charge in [0, 0.05) is 12.2 Å². The van der Waals surface area contributed by atoms with Crippen LogP contribution in [0.25, 0.3) is 5.65 Å². The molecule has 4 fully saturated rings. The number of carbonyl (C=O) groups is 1. The summed E-state index contributed by atoms with van der Waals surface area (Å²) in [5, 5.41) is 6.94. The predicted octanol–water partition coefficient (Wildman–Crippen LogP) is 4.77. The third kappa shape index (κ3) is 3.25. The van der Waals surface area contributed by atoms with Gasteiger partial charge in [0.15, 0.2) is 11.3 Å². The lowest BCUT2D eigenvalue weighted by molar-refractivity contribution is -0.142. The maximum atomic E-state index is 13.4. The number of fused-ring (bicyclic) bond motifs is 1. The number of hydrogen-bond donors (Lipinski definition) is 1. The zero-order valence-corrected chi connectivity index (χ0v) is 17.6. The van der Waals surface area contributed by atoms with Crippen LogP contribution in [0, 0.1) is 30.1 Å². The van der Waals surface area contributed by atoms with Crippen molar-refractivity contribution in [1.82, 2.24) is 19.9 Å². The van der Waals surface area contributed by atoms with Crippen LogP contribution in [0.4, 0.5) is 13.2 Å². The van der Waals surface area contributed by atoms with Gasteiger partial charge in [-0.3, -0.25) is 4.79 Å². The largest absolute Gasteiger partial charge is 0.433 e. The van der Waals surface area contributed by atoms with Crippen LogP contribution in [0.1, 0.15) is 60.4 Å². The van der Waals surface area contributed by atoms with E-state index in [1.54, 1.807) is 0 Å². The van der Waals surface area contributed by atoms with Crippen LogP contribution in [0.15, 0.2) is 10.5 Å². The number of aryl methyl sites for hydroxylation is 1. The highest BCUT2D eigenvalue weighted by Gasteiger charge is 2.50. The molecule has 2 aromatic heterocycles. The third-order valence-electron chi connectivity index (χ3n) is 6.96. The minimum Gasteiger partial charge on any atom is -0.350 e. The maximum absolute atomic E-state index is 13.4. The number of hydrogen-bond acceptors (Lipinski definition) is 3. The summed E-state index contributed by atoms with van der Waals surface area (Å²) in [7, 11) is 0. The smallest absolute Gasteiger partial charge is 0.350 e. The van der Waals surface area contributed by atoms with Crippen molar-refractivity contribution >= 4 is 27.5 Å². The van der Waals surface area contributed by atoms with E-state index in [1.807, 2.05) is 0 Å². The molecule has 6 rings (SSSR count). The number of nitrogens with zero attached hydrogens (tertiary/aromatic N) is 3. The number of carbonyl (C=O) groups excluding carboxylic acids is 1. The van der Waals surface area contributed by atoms with E-state index in [0.717, 1.165) is 43.1 Å². The van der Waals surface area contributed by atoms with Gasteiger partial charge in [0.2, 0.25) is 0 Å². The Labute approximate surface area is 174 Å². The Balaban J connectivity index is 1.41. The summed E-state index contributed by atoms with van der Waals surface area (Å²) in [6, 6.07) is 0.934. The standard InChI is InChI=1S/C20H22BrF3N4O/c1-10-2-14(20(22,23)24)28-17(26-10)15(21)16(27-28)18(29)25-9-19-6-11-3-12(7-19)5-13(4-11)8-19/h2,11-13H,3-9H2,1H3,(H,25,29). The summed E-state index contributed by atoms with van der Waals surface area (Å²) in [5.74, 6) is 1.84. The first-order valence-electron chi connectivity index (χ1n) is 10.0. The van der Waals surface area contributed by atoms with Gasteiger partial charge in [-0.05, 0) is 90.6 Å². The average molecular weight is 471 g/mol. The van der Waals surface area contributed by atoms with Gasteiger partial charge >= 0.3 is 6.18 Å². The third-order valence-corrected chi connectivity index (χ3v) is 7.69. The molecule has 4 saturated carbocycles. The van der Waals surface area contributed by atoms with Crippen molar-refractivity contribution in [2.24, 2.45) is 23.2 Å². The van der Waals surface area contributed by atoms with Crippen molar-refractivity contribution in [2.45, 2.75) is 51.6 Å². The van der Waals surface area contributed by atoms with E-state index in [2.05, 4.69) is 31.3 Å². The van der Waals surface area contributed by atoms with Gasteiger partial charge in [-0.15, -0.1) is 0 Å². The van der Waals surface area contributed by atoms with Crippen molar-refractivity contribution in [2.75, 3.05) is 6.54 Å². The van der Waals surface area contributed by atoms with Crippen molar-refractivity contribution < 1.29 is 18.0 Å². The molecule has 4 bridgehead atoms. The van der Waals surface area contributed by atoms with Gasteiger partial charge in [0.1, 0.15) is 5.69 Å². The molecule has 0 saturated heterocycles. The van der Waals surface area contributed by atoms with Crippen LogP contribution in [-0.2, 0) is 6.18 Å². The minimum atomic E-state index is -4.59. The number of amides is 1. The Bertz CT molecular complexity index is 964. The summed E-state index contributed by atoms with van der Waals surface area (Å²) in [4.78, 5) is 17.0. The monoisotopic (exact) mass is 470 g/mol. The lowest BCUT2D eigenvalue weighted by Crippen LogP contribution is -2.51. The first-order valence-corrected chi connectivity index (χ1v) is 10.8. The topological polar surface area (TPSA) is 59.3 Å². The van der Waals surface area contributed by atoms with Gasteiger partial charge in [0.25, 0.3) is 5.91 Å². The zero-order valence-electron chi connectivity index (χ0n) is 16.0. The predicted molar refractivity (Wildman–Crippen MR) is 103 cm³/mol. The molecule has 29 heavy (non-hydrogen) atoms. The first kappa shape index (κ1) is 19.3. The highest BCUT2D eigenvalue weighted by molar-refractivity contribution is 9.10. The van der Waals surface area contributed by atoms with Crippen molar-refractivity contribution in [3.63, 3.8) is 0 Å². The van der Waals surface area contributed by atoms with Crippen molar-refractivity contribution in [3.8, 4) is 0 Å². The quantitative estimate of drug-likeness (QED) is 0.702. The number of alkyl halides is 3. The van der Waals surface area contributed by atoms with E-state index in [4.69, 9.17) is 0 Å². The molecular formula is C20H22BrF3N4O. The second-order valence-electron chi connectivity index (χ2n) is 9.28. The summed E-state index contributed by atoms with van der Waals surface area (Å²) in [6.45, 7) is 2.05. The molecule has 5 nitrogen and oxygen atoms in total. The molecule has 2 aromatic rings. The van der Waals surface area contributed by atoms with E-state index in [0.29, 0.717) is 11.1 Å².